The molecule has 1 aliphatic rings. The van der Waals surface area contributed by atoms with E-state index in [1.807, 2.05) is 12.1 Å². The molecule has 0 fully saturated rings. The molecular formula is C16H16N2O4. The summed E-state index contributed by atoms with van der Waals surface area (Å²) in [6.45, 7) is 0.941. The van der Waals surface area contributed by atoms with Gasteiger partial charge in [0.15, 0.2) is 11.5 Å². The molecule has 1 aliphatic heterocycles. The van der Waals surface area contributed by atoms with Gasteiger partial charge in [0.1, 0.15) is 12.4 Å². The number of anilines is 1. The van der Waals surface area contributed by atoms with Crippen molar-refractivity contribution < 1.29 is 19.0 Å². The number of carbonyl (C=O) groups excluding carboxylic acids is 1. The van der Waals surface area contributed by atoms with E-state index in [0.717, 1.165) is 0 Å². The van der Waals surface area contributed by atoms with E-state index in [0.29, 0.717) is 41.7 Å². The van der Waals surface area contributed by atoms with Gasteiger partial charge in [-0.15, -0.1) is 0 Å². The second-order valence-corrected chi connectivity index (χ2v) is 4.74. The van der Waals surface area contributed by atoms with Crippen LogP contribution in [0.5, 0.6) is 17.2 Å². The molecule has 22 heavy (non-hydrogen) atoms. The van der Waals surface area contributed by atoms with Crippen molar-refractivity contribution in [2.75, 3.05) is 25.7 Å². The van der Waals surface area contributed by atoms with Crippen molar-refractivity contribution in [1.29, 1.82) is 0 Å². The van der Waals surface area contributed by atoms with Crippen LogP contribution < -0.4 is 25.3 Å². The van der Waals surface area contributed by atoms with Crippen molar-refractivity contribution in [2.45, 2.75) is 0 Å². The van der Waals surface area contributed by atoms with E-state index in [9.17, 15) is 4.79 Å². The maximum absolute atomic E-state index is 12.0. The molecule has 2 aromatic rings. The average Bonchev–Trinajstić information content (AvgIpc) is 2.99. The second kappa shape index (κ2) is 6.26. The standard InChI is InChI=1S/C16H16N2O4/c17-12-2-1-3-13(9-12)20-7-6-18-16(19)11-4-5-14-15(8-11)22-10-21-14/h1-5,8-9H,6-7,10,17H2,(H,18,19). The molecule has 0 saturated heterocycles. The number of carbonyl (C=O) groups is 1. The van der Waals surface area contributed by atoms with E-state index in [-0.39, 0.29) is 12.7 Å². The molecule has 0 aromatic heterocycles. The van der Waals surface area contributed by atoms with Gasteiger partial charge in [0.25, 0.3) is 5.91 Å². The van der Waals surface area contributed by atoms with E-state index >= 15 is 0 Å². The summed E-state index contributed by atoms with van der Waals surface area (Å²) in [5, 5.41) is 2.78. The zero-order chi connectivity index (χ0) is 15.4. The molecule has 6 nitrogen and oxygen atoms in total. The van der Waals surface area contributed by atoms with E-state index in [2.05, 4.69) is 5.32 Å². The molecule has 0 radical (unpaired) electrons. The number of nitrogen functional groups attached to an aromatic ring is 1. The highest BCUT2D eigenvalue weighted by atomic mass is 16.7. The number of fused-ring (bicyclic) bond motifs is 1. The van der Waals surface area contributed by atoms with E-state index in [4.69, 9.17) is 19.9 Å². The Morgan fingerprint density at radius 3 is 2.91 bits per heavy atom. The van der Waals surface area contributed by atoms with Gasteiger partial charge in [-0.3, -0.25) is 4.79 Å². The van der Waals surface area contributed by atoms with Crippen molar-refractivity contribution in [1.82, 2.24) is 5.32 Å². The number of ether oxygens (including phenoxy) is 3. The zero-order valence-corrected chi connectivity index (χ0v) is 11.9. The minimum atomic E-state index is -0.186. The molecule has 3 N–H and O–H groups in total. The lowest BCUT2D eigenvalue weighted by Crippen LogP contribution is -2.28. The molecule has 6 heteroatoms. The van der Waals surface area contributed by atoms with Crippen LogP contribution >= 0.6 is 0 Å². The van der Waals surface area contributed by atoms with Gasteiger partial charge in [-0.25, -0.2) is 0 Å². The van der Waals surface area contributed by atoms with E-state index in [1.165, 1.54) is 0 Å². The van der Waals surface area contributed by atoms with Gasteiger partial charge in [0.05, 0.1) is 6.54 Å². The molecule has 0 bridgehead atoms. The first-order chi connectivity index (χ1) is 10.7. The van der Waals surface area contributed by atoms with Crippen LogP contribution in [0.4, 0.5) is 5.69 Å². The van der Waals surface area contributed by atoms with Crippen molar-refractivity contribution in [3.8, 4) is 17.2 Å². The Morgan fingerprint density at radius 2 is 2.05 bits per heavy atom. The van der Waals surface area contributed by atoms with Crippen LogP contribution in [0.3, 0.4) is 0 Å². The van der Waals surface area contributed by atoms with Crippen molar-refractivity contribution in [3.63, 3.8) is 0 Å². The van der Waals surface area contributed by atoms with E-state index in [1.54, 1.807) is 30.3 Å². The molecule has 0 aliphatic carbocycles. The van der Waals surface area contributed by atoms with Gasteiger partial charge in [0, 0.05) is 17.3 Å². The number of hydrogen-bond acceptors (Lipinski definition) is 5. The quantitative estimate of drug-likeness (QED) is 0.650. The molecule has 0 saturated carbocycles. The molecule has 1 heterocycles. The Balaban J connectivity index is 1.48. The highest BCUT2D eigenvalue weighted by Crippen LogP contribution is 2.32. The van der Waals surface area contributed by atoms with Crippen LogP contribution in [0.15, 0.2) is 42.5 Å². The number of rotatable bonds is 5. The first-order valence-corrected chi connectivity index (χ1v) is 6.88. The maximum atomic E-state index is 12.0. The zero-order valence-electron chi connectivity index (χ0n) is 11.9. The first kappa shape index (κ1) is 14.1. The molecule has 0 atom stereocenters. The molecule has 0 spiro atoms. The van der Waals surface area contributed by atoms with Crippen molar-refractivity contribution in [2.24, 2.45) is 0 Å². The molecule has 1 amide bonds. The molecule has 114 valence electrons. The van der Waals surface area contributed by atoms with Gasteiger partial charge in [-0.05, 0) is 30.3 Å². The Bertz CT molecular complexity index is 688. The molecular weight excluding hydrogens is 284 g/mol. The highest BCUT2D eigenvalue weighted by Gasteiger charge is 2.15. The Labute approximate surface area is 127 Å². The minimum Gasteiger partial charge on any atom is -0.492 e. The van der Waals surface area contributed by atoms with Crippen LogP contribution in [0.2, 0.25) is 0 Å². The second-order valence-electron chi connectivity index (χ2n) is 4.74. The van der Waals surface area contributed by atoms with Crippen molar-refractivity contribution >= 4 is 11.6 Å². The lowest BCUT2D eigenvalue weighted by atomic mass is 10.2. The summed E-state index contributed by atoms with van der Waals surface area (Å²) < 4.78 is 16.0. The molecule has 2 aromatic carbocycles. The van der Waals surface area contributed by atoms with E-state index < -0.39 is 0 Å². The SMILES string of the molecule is Nc1cccc(OCCNC(=O)c2ccc3c(c2)OCO3)c1. The smallest absolute Gasteiger partial charge is 0.251 e. The predicted octanol–water partition coefficient (Wildman–Crippen LogP) is 1.81. The summed E-state index contributed by atoms with van der Waals surface area (Å²) in [5.41, 5.74) is 6.82. The van der Waals surface area contributed by atoms with Crippen LogP contribution in [0, 0.1) is 0 Å². The summed E-state index contributed by atoms with van der Waals surface area (Å²) >= 11 is 0. The highest BCUT2D eigenvalue weighted by molar-refractivity contribution is 5.94. The summed E-state index contributed by atoms with van der Waals surface area (Å²) in [6.07, 6.45) is 0. The largest absolute Gasteiger partial charge is 0.492 e. The Kier molecular flexibility index (Phi) is 4.00. The monoisotopic (exact) mass is 300 g/mol. The number of nitrogens with one attached hydrogen (secondary N) is 1. The summed E-state index contributed by atoms with van der Waals surface area (Å²) in [6, 6.07) is 12.2. The van der Waals surface area contributed by atoms with Crippen LogP contribution in [-0.2, 0) is 0 Å². The van der Waals surface area contributed by atoms with Crippen molar-refractivity contribution in [3.05, 3.63) is 48.0 Å². The minimum absolute atomic E-state index is 0.186. The summed E-state index contributed by atoms with van der Waals surface area (Å²) in [5.74, 6) is 1.73. The fourth-order valence-electron chi connectivity index (χ4n) is 2.08. The topological polar surface area (TPSA) is 82.8 Å². The summed E-state index contributed by atoms with van der Waals surface area (Å²) in [4.78, 5) is 12.0. The first-order valence-electron chi connectivity index (χ1n) is 6.88. The summed E-state index contributed by atoms with van der Waals surface area (Å²) in [7, 11) is 0. The lowest BCUT2D eigenvalue weighted by molar-refractivity contribution is 0.0946. The van der Waals surface area contributed by atoms with Crippen LogP contribution in [0.25, 0.3) is 0 Å². The average molecular weight is 300 g/mol. The van der Waals surface area contributed by atoms with Gasteiger partial charge in [-0.2, -0.15) is 0 Å². The number of nitrogens with two attached hydrogens (primary N) is 1. The Hall–Kier alpha value is -2.89. The van der Waals surface area contributed by atoms with Crippen LogP contribution in [-0.4, -0.2) is 25.9 Å². The lowest BCUT2D eigenvalue weighted by Gasteiger charge is -2.08. The van der Waals surface area contributed by atoms with Gasteiger partial charge < -0.3 is 25.3 Å². The van der Waals surface area contributed by atoms with Gasteiger partial charge in [-0.1, -0.05) is 6.07 Å². The number of benzene rings is 2. The fraction of sp³-hybridized carbons (Fsp3) is 0.188. The van der Waals surface area contributed by atoms with Gasteiger partial charge in [0.2, 0.25) is 6.79 Å². The maximum Gasteiger partial charge on any atom is 0.251 e. The predicted molar refractivity (Wildman–Crippen MR) is 81.2 cm³/mol. The van der Waals surface area contributed by atoms with Crippen LogP contribution in [0.1, 0.15) is 10.4 Å². The fourth-order valence-corrected chi connectivity index (χ4v) is 2.08. The molecule has 3 rings (SSSR count). The third-order valence-electron chi connectivity index (χ3n) is 3.15. The number of amides is 1. The molecule has 0 unspecified atom stereocenters. The third-order valence-corrected chi connectivity index (χ3v) is 3.15. The Morgan fingerprint density at radius 1 is 1.18 bits per heavy atom. The number of hydrogen-bond donors (Lipinski definition) is 2. The third kappa shape index (κ3) is 3.22. The normalized spacial score (nSPS) is 12.0. The van der Waals surface area contributed by atoms with Gasteiger partial charge >= 0.3 is 0 Å².